The lowest BCUT2D eigenvalue weighted by Crippen LogP contribution is -2.16. The number of hydrogen-bond donors (Lipinski definition) is 0. The maximum atomic E-state index is 4.35. The summed E-state index contributed by atoms with van der Waals surface area (Å²) in [4.78, 5) is 6.67. The van der Waals surface area contributed by atoms with E-state index in [0.29, 0.717) is 0 Å². The van der Waals surface area contributed by atoms with Crippen molar-refractivity contribution in [2.45, 2.75) is 6.54 Å². The molecule has 0 spiro atoms. The molecule has 0 atom stereocenters. The fourth-order valence-electron chi connectivity index (χ4n) is 6.81. The molecule has 0 saturated carbocycles. The van der Waals surface area contributed by atoms with Gasteiger partial charge >= 0.3 is 0 Å². The predicted octanol–water partition coefficient (Wildman–Crippen LogP) is 12.2. The maximum absolute atomic E-state index is 4.35. The number of fused-ring (bicyclic) bond motifs is 3. The van der Waals surface area contributed by atoms with Crippen LogP contribution in [0.2, 0.25) is 0 Å². The molecule has 0 radical (unpaired) electrons. The predicted molar refractivity (Wildman–Crippen MR) is 198 cm³/mol. The largest absolute Gasteiger partial charge is 0.335 e. The van der Waals surface area contributed by atoms with Gasteiger partial charge in [0, 0.05) is 12.2 Å². The van der Waals surface area contributed by atoms with Gasteiger partial charge in [0.1, 0.15) is 0 Å². The van der Waals surface area contributed by atoms with E-state index in [1.54, 1.807) is 0 Å². The van der Waals surface area contributed by atoms with Crippen molar-refractivity contribution in [1.82, 2.24) is 0 Å². The maximum Gasteiger partial charge on any atom is 0.0859 e. The number of hydrogen-bond acceptors (Lipinski definition) is 2. The molecule has 0 heterocycles. The molecule has 2 heteroatoms. The average Bonchev–Trinajstić information content (AvgIpc) is 3.13. The van der Waals surface area contributed by atoms with E-state index in [2.05, 4.69) is 174 Å². The highest BCUT2D eigenvalue weighted by Crippen LogP contribution is 2.45. The normalized spacial score (nSPS) is 11.2. The van der Waals surface area contributed by atoms with E-state index in [1.165, 1.54) is 60.1 Å². The van der Waals surface area contributed by atoms with E-state index in [-0.39, 0.29) is 0 Å². The second-order valence-electron chi connectivity index (χ2n) is 11.7. The quantitative estimate of drug-likeness (QED) is 0.134. The summed E-state index contributed by atoms with van der Waals surface area (Å²) in [7, 11) is 0. The first-order valence-electron chi connectivity index (χ1n) is 15.7. The molecule has 8 rings (SSSR count). The van der Waals surface area contributed by atoms with E-state index < -0.39 is 0 Å². The summed E-state index contributed by atoms with van der Waals surface area (Å²) in [6, 6.07) is 60.9. The Balaban J connectivity index is 1.30. The summed E-state index contributed by atoms with van der Waals surface area (Å²) in [6.07, 6.45) is 0. The van der Waals surface area contributed by atoms with E-state index in [4.69, 9.17) is 0 Å². The Hall–Kier alpha value is -5.99. The van der Waals surface area contributed by atoms with Crippen LogP contribution >= 0.6 is 0 Å². The second kappa shape index (κ2) is 11.8. The van der Waals surface area contributed by atoms with Crippen LogP contribution in [0.15, 0.2) is 175 Å². The van der Waals surface area contributed by atoms with Gasteiger partial charge in [0.05, 0.1) is 11.4 Å². The highest BCUT2D eigenvalue weighted by Gasteiger charge is 2.18. The van der Waals surface area contributed by atoms with Crippen LogP contribution < -0.4 is 4.90 Å². The zero-order valence-corrected chi connectivity index (χ0v) is 25.5. The van der Waals surface area contributed by atoms with Gasteiger partial charge in [-0.2, -0.15) is 0 Å². The summed E-state index contributed by atoms with van der Waals surface area (Å²) in [5.74, 6) is 0. The Bertz CT molecular complexity index is 2300. The van der Waals surface area contributed by atoms with Gasteiger partial charge in [-0.3, -0.25) is 4.99 Å². The molecule has 46 heavy (non-hydrogen) atoms. The van der Waals surface area contributed by atoms with Gasteiger partial charge in [0.25, 0.3) is 0 Å². The average molecular weight is 589 g/mol. The highest BCUT2D eigenvalue weighted by molar-refractivity contribution is 6.21. The van der Waals surface area contributed by atoms with E-state index >= 15 is 0 Å². The number of rotatable bonds is 7. The molecule has 8 aromatic carbocycles. The van der Waals surface area contributed by atoms with Crippen LogP contribution in [0.3, 0.4) is 0 Å². The van der Waals surface area contributed by atoms with E-state index in [9.17, 15) is 0 Å². The minimum absolute atomic E-state index is 0.721. The Morgan fingerprint density at radius 1 is 0.457 bits per heavy atom. The Morgan fingerprint density at radius 3 is 1.63 bits per heavy atom. The molecule has 0 saturated heterocycles. The first kappa shape index (κ1) is 27.6. The van der Waals surface area contributed by atoms with Gasteiger partial charge in [0.2, 0.25) is 0 Å². The lowest BCUT2D eigenvalue weighted by Gasteiger charge is -2.27. The number of nitrogens with zero attached hydrogens (tertiary/aromatic N) is 2. The van der Waals surface area contributed by atoms with Crippen molar-refractivity contribution in [3.8, 4) is 22.3 Å². The smallest absolute Gasteiger partial charge is 0.0859 e. The molecule has 8 aromatic rings. The van der Waals surface area contributed by atoms with Crippen LogP contribution in [0.5, 0.6) is 0 Å². The monoisotopic (exact) mass is 588 g/mol. The Morgan fingerprint density at radius 2 is 0.978 bits per heavy atom. The molecular formula is C44H32N2. The molecule has 2 nitrogen and oxygen atoms in total. The lowest BCUT2D eigenvalue weighted by molar-refractivity contribution is 0.975. The summed E-state index contributed by atoms with van der Waals surface area (Å²) in [5.41, 5.74) is 9.19. The van der Waals surface area contributed by atoms with Crippen molar-refractivity contribution >= 4 is 56.1 Å². The topological polar surface area (TPSA) is 15.6 Å². The third-order valence-electron chi connectivity index (χ3n) is 8.96. The van der Waals surface area contributed by atoms with Gasteiger partial charge in [-0.05, 0) is 97.2 Å². The highest BCUT2D eigenvalue weighted by atomic mass is 15.1. The zero-order valence-electron chi connectivity index (χ0n) is 25.5. The molecule has 218 valence electrons. The molecule has 0 aliphatic heterocycles. The fraction of sp³-hybridized carbons (Fsp3) is 0.0227. The lowest BCUT2D eigenvalue weighted by atomic mass is 9.85. The van der Waals surface area contributed by atoms with Crippen molar-refractivity contribution in [3.05, 3.63) is 175 Å². The number of para-hydroxylation sites is 2. The van der Waals surface area contributed by atoms with Crippen LogP contribution in [0.25, 0.3) is 54.6 Å². The van der Waals surface area contributed by atoms with Gasteiger partial charge in [-0.25, -0.2) is 0 Å². The number of benzene rings is 8. The van der Waals surface area contributed by atoms with Crippen LogP contribution in [-0.4, -0.2) is 6.72 Å². The zero-order chi connectivity index (χ0) is 30.9. The van der Waals surface area contributed by atoms with Gasteiger partial charge in [0.15, 0.2) is 0 Å². The van der Waals surface area contributed by atoms with Crippen molar-refractivity contribution < 1.29 is 0 Å². The van der Waals surface area contributed by atoms with Crippen molar-refractivity contribution in [2.75, 3.05) is 4.90 Å². The third-order valence-corrected chi connectivity index (χ3v) is 8.96. The molecule has 0 aliphatic rings. The number of aliphatic imine (C=N–C) groups is 1. The van der Waals surface area contributed by atoms with Gasteiger partial charge in [-0.15, -0.1) is 0 Å². The van der Waals surface area contributed by atoms with Crippen molar-refractivity contribution in [3.63, 3.8) is 0 Å². The minimum Gasteiger partial charge on any atom is -0.335 e. The summed E-state index contributed by atoms with van der Waals surface area (Å²) in [5, 5.41) is 7.52. The molecule has 0 aliphatic carbocycles. The summed E-state index contributed by atoms with van der Waals surface area (Å²) in [6.45, 7) is 4.57. The summed E-state index contributed by atoms with van der Waals surface area (Å²) < 4.78 is 0. The van der Waals surface area contributed by atoms with Crippen molar-refractivity contribution in [1.29, 1.82) is 0 Å². The number of anilines is 2. The van der Waals surface area contributed by atoms with E-state index in [1.807, 2.05) is 12.1 Å². The molecule has 0 aromatic heterocycles. The van der Waals surface area contributed by atoms with Crippen molar-refractivity contribution in [2.24, 2.45) is 4.99 Å². The Kier molecular flexibility index (Phi) is 7.09. The standard InChI is InChI=1S/C44H32N2/c1-45-41-21-11-12-22-42(41)46(30-31-13-3-2-4-14-31)36-27-25-33(26-28-36)43-37-17-7-9-19-39(37)44(40-20-10-8-18-38(40)43)35-24-23-32-15-5-6-16-34(32)29-35/h2-29H,1,30H2. The molecule has 0 amide bonds. The SMILES string of the molecule is C=Nc1ccccc1N(Cc1ccccc1)c1ccc(-c2c3ccccc3c(-c3ccc4ccccc4c3)c3ccccc23)cc1. The van der Waals surface area contributed by atoms with Gasteiger partial charge in [-0.1, -0.05) is 140 Å². The summed E-state index contributed by atoms with van der Waals surface area (Å²) >= 11 is 0. The van der Waals surface area contributed by atoms with Crippen LogP contribution in [0.1, 0.15) is 5.56 Å². The second-order valence-corrected chi connectivity index (χ2v) is 11.7. The first-order valence-corrected chi connectivity index (χ1v) is 15.7. The third kappa shape index (κ3) is 4.91. The first-order chi connectivity index (χ1) is 22.8. The van der Waals surface area contributed by atoms with Crippen LogP contribution in [0.4, 0.5) is 17.1 Å². The van der Waals surface area contributed by atoms with E-state index in [0.717, 1.165) is 23.6 Å². The molecular weight excluding hydrogens is 556 g/mol. The van der Waals surface area contributed by atoms with Gasteiger partial charge < -0.3 is 4.90 Å². The fourth-order valence-corrected chi connectivity index (χ4v) is 6.81. The molecule has 0 unspecified atom stereocenters. The molecule has 0 fully saturated rings. The molecule has 0 bridgehead atoms. The minimum atomic E-state index is 0.721. The Labute approximate surface area is 269 Å². The van der Waals surface area contributed by atoms with Crippen LogP contribution in [-0.2, 0) is 6.54 Å². The van der Waals surface area contributed by atoms with Crippen LogP contribution in [0, 0.1) is 0 Å². The molecule has 0 N–H and O–H groups in total.